The van der Waals surface area contributed by atoms with Gasteiger partial charge in [0.1, 0.15) is 0 Å². The molecule has 2 heteroatoms. The maximum absolute atomic E-state index is 3.86. The van der Waals surface area contributed by atoms with Gasteiger partial charge >= 0.3 is 0 Å². The number of hydrogen-bond donors (Lipinski definition) is 2. The third-order valence-corrected chi connectivity index (χ3v) is 4.94. The predicted octanol–water partition coefficient (Wildman–Crippen LogP) is 5.40. The van der Waals surface area contributed by atoms with Crippen molar-refractivity contribution in [3.8, 4) is 0 Å². The van der Waals surface area contributed by atoms with Crippen molar-refractivity contribution in [2.24, 2.45) is 10.8 Å². The average Bonchev–Trinajstić information content (AvgIpc) is 2.57. The average molecular weight is 353 g/mol. The van der Waals surface area contributed by atoms with Crippen molar-refractivity contribution in [2.45, 2.75) is 66.7 Å². The summed E-state index contributed by atoms with van der Waals surface area (Å²) in [7, 11) is 0. The zero-order valence-electron chi connectivity index (χ0n) is 17.3. The number of rotatable bonds is 7. The lowest BCUT2D eigenvalue weighted by atomic mass is 9.72. The van der Waals surface area contributed by atoms with Crippen molar-refractivity contribution >= 4 is 0 Å². The van der Waals surface area contributed by atoms with Gasteiger partial charge in [-0.1, -0.05) is 102 Å². The minimum Gasteiger partial charge on any atom is -0.308 e. The maximum Gasteiger partial charge on any atom is 0.0278 e. The normalized spacial score (nSPS) is 14.8. The molecular weight excluding hydrogens is 316 g/mol. The molecule has 0 radical (unpaired) electrons. The van der Waals surface area contributed by atoms with Gasteiger partial charge < -0.3 is 10.6 Å². The first-order chi connectivity index (χ1) is 12.2. The van der Waals surface area contributed by atoms with Crippen LogP contribution in [0.4, 0.5) is 0 Å². The second kappa shape index (κ2) is 8.83. The topological polar surface area (TPSA) is 24.1 Å². The number of benzene rings is 2. The van der Waals surface area contributed by atoms with E-state index in [4.69, 9.17) is 0 Å². The molecule has 2 nitrogen and oxygen atoms in total. The fourth-order valence-electron chi connectivity index (χ4n) is 3.50. The lowest BCUT2D eigenvalue weighted by Gasteiger charge is -2.45. The first kappa shape index (κ1) is 20.7. The van der Waals surface area contributed by atoms with E-state index < -0.39 is 0 Å². The van der Waals surface area contributed by atoms with Crippen LogP contribution in [-0.2, 0) is 13.1 Å². The Hall–Kier alpha value is -1.64. The Morgan fingerprint density at radius 3 is 1.15 bits per heavy atom. The van der Waals surface area contributed by atoms with E-state index in [1.165, 1.54) is 11.1 Å². The van der Waals surface area contributed by atoms with Gasteiger partial charge in [-0.25, -0.2) is 0 Å². The summed E-state index contributed by atoms with van der Waals surface area (Å²) >= 11 is 0. The summed E-state index contributed by atoms with van der Waals surface area (Å²) in [5.41, 5.74) is 2.96. The van der Waals surface area contributed by atoms with Crippen molar-refractivity contribution in [3.63, 3.8) is 0 Å². The first-order valence-electron chi connectivity index (χ1n) is 9.72. The second-order valence-electron chi connectivity index (χ2n) is 9.42. The minimum absolute atomic E-state index is 0.149. The van der Waals surface area contributed by atoms with Gasteiger partial charge in [0.05, 0.1) is 0 Å². The molecule has 0 saturated heterocycles. The summed E-state index contributed by atoms with van der Waals surface area (Å²) in [6.45, 7) is 15.8. The Morgan fingerprint density at radius 2 is 0.885 bits per heavy atom. The van der Waals surface area contributed by atoms with Crippen molar-refractivity contribution in [2.75, 3.05) is 0 Å². The van der Waals surface area contributed by atoms with E-state index in [0.29, 0.717) is 12.1 Å². The molecule has 2 aromatic rings. The van der Waals surface area contributed by atoms with E-state index in [2.05, 4.69) is 113 Å². The molecule has 2 rings (SSSR count). The van der Waals surface area contributed by atoms with Crippen LogP contribution in [0.5, 0.6) is 0 Å². The highest BCUT2D eigenvalue weighted by Crippen LogP contribution is 2.31. The number of nitrogens with one attached hydrogen (secondary N) is 2. The molecular formula is C24H36N2. The van der Waals surface area contributed by atoms with Crippen LogP contribution in [0.1, 0.15) is 52.7 Å². The van der Waals surface area contributed by atoms with Gasteiger partial charge in [-0.3, -0.25) is 0 Å². The maximum atomic E-state index is 3.86. The van der Waals surface area contributed by atoms with Crippen molar-refractivity contribution in [1.29, 1.82) is 0 Å². The molecule has 2 atom stereocenters. The molecule has 0 aliphatic carbocycles. The van der Waals surface area contributed by atoms with Crippen LogP contribution >= 0.6 is 0 Å². The highest BCUT2D eigenvalue weighted by Gasteiger charge is 2.38. The Balaban J connectivity index is 2.16. The molecule has 26 heavy (non-hydrogen) atoms. The molecule has 0 amide bonds. The molecule has 0 aliphatic rings. The molecule has 0 unspecified atom stereocenters. The van der Waals surface area contributed by atoms with Gasteiger partial charge in [0, 0.05) is 25.2 Å². The van der Waals surface area contributed by atoms with Gasteiger partial charge in [-0.05, 0) is 22.0 Å². The zero-order valence-corrected chi connectivity index (χ0v) is 17.3. The second-order valence-corrected chi connectivity index (χ2v) is 9.42. The summed E-state index contributed by atoms with van der Waals surface area (Å²) in [5.74, 6) is 0. The van der Waals surface area contributed by atoms with Crippen LogP contribution in [0.2, 0.25) is 0 Å². The SMILES string of the molecule is CC(C)(C)[C@@H](NCc1ccccc1)[C@H](NCc1ccccc1)C(C)(C)C. The fraction of sp³-hybridized carbons (Fsp3) is 0.500. The van der Waals surface area contributed by atoms with Gasteiger partial charge in [0.2, 0.25) is 0 Å². The van der Waals surface area contributed by atoms with Crippen LogP contribution in [0.15, 0.2) is 60.7 Å². The third-order valence-electron chi connectivity index (χ3n) is 4.94. The van der Waals surface area contributed by atoms with Crippen LogP contribution < -0.4 is 10.6 Å². The van der Waals surface area contributed by atoms with Crippen molar-refractivity contribution < 1.29 is 0 Å². The summed E-state index contributed by atoms with van der Waals surface area (Å²) in [5, 5.41) is 7.71. The molecule has 2 N–H and O–H groups in total. The van der Waals surface area contributed by atoms with Crippen LogP contribution in [-0.4, -0.2) is 12.1 Å². The van der Waals surface area contributed by atoms with E-state index >= 15 is 0 Å². The van der Waals surface area contributed by atoms with Gasteiger partial charge in [-0.2, -0.15) is 0 Å². The Morgan fingerprint density at radius 1 is 0.577 bits per heavy atom. The molecule has 0 fully saturated rings. The van der Waals surface area contributed by atoms with E-state index in [-0.39, 0.29) is 10.8 Å². The summed E-state index contributed by atoms with van der Waals surface area (Å²) in [4.78, 5) is 0. The van der Waals surface area contributed by atoms with Crippen LogP contribution in [0.3, 0.4) is 0 Å². The fourth-order valence-corrected chi connectivity index (χ4v) is 3.50. The van der Waals surface area contributed by atoms with Crippen LogP contribution in [0.25, 0.3) is 0 Å². The van der Waals surface area contributed by atoms with E-state index in [9.17, 15) is 0 Å². The molecule has 2 aromatic carbocycles. The molecule has 0 heterocycles. The van der Waals surface area contributed by atoms with Gasteiger partial charge in [0.25, 0.3) is 0 Å². The highest BCUT2D eigenvalue weighted by molar-refractivity contribution is 5.16. The Labute approximate surface area is 160 Å². The Bertz CT molecular complexity index is 576. The van der Waals surface area contributed by atoms with Gasteiger partial charge in [-0.15, -0.1) is 0 Å². The molecule has 0 aromatic heterocycles. The largest absolute Gasteiger partial charge is 0.308 e. The smallest absolute Gasteiger partial charge is 0.0278 e. The molecule has 0 bridgehead atoms. The summed E-state index contributed by atoms with van der Waals surface area (Å²) in [6.07, 6.45) is 0. The molecule has 142 valence electrons. The summed E-state index contributed by atoms with van der Waals surface area (Å²) in [6, 6.07) is 22.1. The van der Waals surface area contributed by atoms with Crippen molar-refractivity contribution in [1.82, 2.24) is 10.6 Å². The standard InChI is InChI=1S/C24H36N2/c1-23(2,3)21(25-17-19-13-9-7-10-14-19)22(24(4,5)6)26-18-20-15-11-8-12-16-20/h7-16,21-22,25-26H,17-18H2,1-6H3/t21-,22-/m0/s1. The lowest BCUT2D eigenvalue weighted by Crippen LogP contribution is -2.59. The zero-order chi connectivity index (χ0) is 19.2. The quantitative estimate of drug-likeness (QED) is 0.697. The number of hydrogen-bond acceptors (Lipinski definition) is 2. The minimum atomic E-state index is 0.149. The highest BCUT2D eigenvalue weighted by atomic mass is 15.0. The van der Waals surface area contributed by atoms with Crippen LogP contribution in [0, 0.1) is 10.8 Å². The molecule has 0 aliphatic heterocycles. The van der Waals surface area contributed by atoms with Gasteiger partial charge in [0.15, 0.2) is 0 Å². The monoisotopic (exact) mass is 352 g/mol. The molecule has 0 spiro atoms. The molecule has 0 saturated carbocycles. The predicted molar refractivity (Wildman–Crippen MR) is 113 cm³/mol. The first-order valence-corrected chi connectivity index (χ1v) is 9.72. The van der Waals surface area contributed by atoms with E-state index in [1.807, 2.05) is 0 Å². The van der Waals surface area contributed by atoms with Crippen molar-refractivity contribution in [3.05, 3.63) is 71.8 Å². The van der Waals surface area contributed by atoms with E-state index in [1.54, 1.807) is 0 Å². The van der Waals surface area contributed by atoms with E-state index in [0.717, 1.165) is 13.1 Å². The lowest BCUT2D eigenvalue weighted by molar-refractivity contribution is 0.129. The third kappa shape index (κ3) is 6.26. The Kier molecular flexibility index (Phi) is 7.02. The summed E-state index contributed by atoms with van der Waals surface area (Å²) < 4.78 is 0.